The molecule has 11 rings (SSSR count). The van der Waals surface area contributed by atoms with E-state index in [-0.39, 0.29) is 0 Å². The normalized spacial score (nSPS) is 12.0. The fraction of sp³-hybridized carbons (Fsp3) is 0. The van der Waals surface area contributed by atoms with Crippen molar-refractivity contribution in [1.29, 1.82) is 0 Å². The van der Waals surface area contributed by atoms with Crippen LogP contribution in [0.25, 0.3) is 108 Å². The second-order valence-corrected chi connectivity index (χ2v) is 13.6. The monoisotopic (exact) mass is 630 g/mol. The van der Waals surface area contributed by atoms with Gasteiger partial charge in [0.1, 0.15) is 0 Å². The topological polar surface area (TPSA) is 0 Å². The van der Waals surface area contributed by atoms with Crippen LogP contribution in [0.3, 0.4) is 0 Å². The van der Waals surface area contributed by atoms with Crippen LogP contribution in [-0.2, 0) is 0 Å². The van der Waals surface area contributed by atoms with Crippen LogP contribution in [0.15, 0.2) is 182 Å². The summed E-state index contributed by atoms with van der Waals surface area (Å²) in [5, 5.41) is 20.7. The van der Waals surface area contributed by atoms with E-state index in [9.17, 15) is 0 Å². The third kappa shape index (κ3) is 3.94. The van der Waals surface area contributed by atoms with Crippen molar-refractivity contribution in [2.45, 2.75) is 0 Å². The summed E-state index contributed by atoms with van der Waals surface area (Å²) in [5.74, 6) is 0. The van der Waals surface area contributed by atoms with Gasteiger partial charge >= 0.3 is 0 Å². The molecule has 230 valence electrons. The third-order valence-electron chi connectivity index (χ3n) is 11.0. The minimum absolute atomic E-state index is 1.24. The lowest BCUT2D eigenvalue weighted by atomic mass is 9.85. The standard InChI is InChI=1S/C50H30/c1-2-12-32-27-33(22-21-31(32)11-1)34-23-24-35-29-47(40-16-4-3-15-39(40)46(35)28-34)36-25-26-45-48(30-36)41-17-7-10-20-44(41)49-42-18-8-5-13-37(42)38-14-6-9-19-43(38)50(45)49/h1-30H. The molecule has 0 aliphatic rings. The molecule has 0 saturated carbocycles. The average molecular weight is 631 g/mol. The van der Waals surface area contributed by atoms with Crippen molar-refractivity contribution in [2.24, 2.45) is 0 Å². The van der Waals surface area contributed by atoms with Crippen molar-refractivity contribution in [3.8, 4) is 22.3 Å². The van der Waals surface area contributed by atoms with E-state index in [0.29, 0.717) is 0 Å². The van der Waals surface area contributed by atoms with E-state index in [2.05, 4.69) is 182 Å². The summed E-state index contributed by atoms with van der Waals surface area (Å²) in [6.07, 6.45) is 0. The van der Waals surface area contributed by atoms with Crippen LogP contribution in [0.1, 0.15) is 0 Å². The van der Waals surface area contributed by atoms with Crippen LogP contribution in [0, 0.1) is 0 Å². The zero-order valence-electron chi connectivity index (χ0n) is 27.3. The highest BCUT2D eigenvalue weighted by molar-refractivity contribution is 6.39. The van der Waals surface area contributed by atoms with Crippen molar-refractivity contribution in [3.63, 3.8) is 0 Å². The molecule has 50 heavy (non-hydrogen) atoms. The Hall–Kier alpha value is -6.50. The molecule has 11 aromatic rings. The van der Waals surface area contributed by atoms with E-state index in [0.717, 1.165) is 0 Å². The van der Waals surface area contributed by atoms with Crippen molar-refractivity contribution < 1.29 is 0 Å². The molecule has 0 saturated heterocycles. The maximum absolute atomic E-state index is 2.44. The minimum atomic E-state index is 1.24. The Labute approximate surface area is 289 Å². The van der Waals surface area contributed by atoms with E-state index < -0.39 is 0 Å². The van der Waals surface area contributed by atoms with Crippen LogP contribution < -0.4 is 0 Å². The van der Waals surface area contributed by atoms with Crippen LogP contribution in [-0.4, -0.2) is 0 Å². The van der Waals surface area contributed by atoms with Crippen molar-refractivity contribution in [2.75, 3.05) is 0 Å². The first-order valence-corrected chi connectivity index (χ1v) is 17.4. The van der Waals surface area contributed by atoms with E-state index in [1.807, 2.05) is 0 Å². The summed E-state index contributed by atoms with van der Waals surface area (Å²) < 4.78 is 0. The second kappa shape index (κ2) is 10.5. The maximum Gasteiger partial charge on any atom is -0.00139 e. The van der Waals surface area contributed by atoms with E-state index >= 15 is 0 Å². The minimum Gasteiger partial charge on any atom is -0.0616 e. The maximum atomic E-state index is 2.44. The van der Waals surface area contributed by atoms with E-state index in [4.69, 9.17) is 0 Å². The molecule has 0 radical (unpaired) electrons. The van der Waals surface area contributed by atoms with Crippen LogP contribution >= 0.6 is 0 Å². The van der Waals surface area contributed by atoms with Gasteiger partial charge in [0.15, 0.2) is 0 Å². The molecule has 0 heteroatoms. The Balaban J connectivity index is 1.18. The SMILES string of the molecule is c1ccc2cc(-c3ccc4cc(-c5ccc6c(c5)c5ccccc5c5c7ccccc7c7ccccc7c65)c5ccccc5c4c3)ccc2c1. The smallest absolute Gasteiger partial charge is 0.00139 e. The highest BCUT2D eigenvalue weighted by Crippen LogP contribution is 2.45. The van der Waals surface area contributed by atoms with Gasteiger partial charge in [0.2, 0.25) is 0 Å². The molecule has 0 bridgehead atoms. The van der Waals surface area contributed by atoms with Gasteiger partial charge in [-0.3, -0.25) is 0 Å². The van der Waals surface area contributed by atoms with Crippen molar-refractivity contribution in [1.82, 2.24) is 0 Å². The van der Waals surface area contributed by atoms with Gasteiger partial charge in [-0.1, -0.05) is 158 Å². The summed E-state index contributed by atoms with van der Waals surface area (Å²) in [6, 6.07) is 67.6. The number of rotatable bonds is 2. The molecular formula is C50H30. The summed E-state index contributed by atoms with van der Waals surface area (Å²) in [6.45, 7) is 0. The van der Waals surface area contributed by atoms with Crippen molar-refractivity contribution in [3.05, 3.63) is 182 Å². The van der Waals surface area contributed by atoms with E-state index in [1.54, 1.807) is 0 Å². The molecule has 0 atom stereocenters. The molecule has 0 N–H and O–H groups in total. The lowest BCUT2D eigenvalue weighted by Gasteiger charge is -2.18. The third-order valence-corrected chi connectivity index (χ3v) is 11.0. The lowest BCUT2D eigenvalue weighted by Crippen LogP contribution is -1.90. The molecular weight excluding hydrogens is 601 g/mol. The molecule has 0 aliphatic heterocycles. The van der Waals surface area contributed by atoms with Gasteiger partial charge in [-0.05, 0) is 133 Å². The second-order valence-electron chi connectivity index (χ2n) is 13.6. The fourth-order valence-corrected chi connectivity index (χ4v) is 8.68. The van der Waals surface area contributed by atoms with Gasteiger partial charge in [-0.25, -0.2) is 0 Å². The summed E-state index contributed by atoms with van der Waals surface area (Å²) in [4.78, 5) is 0. The average Bonchev–Trinajstić information content (AvgIpc) is 3.20. The van der Waals surface area contributed by atoms with Crippen LogP contribution in [0.4, 0.5) is 0 Å². The summed E-state index contributed by atoms with van der Waals surface area (Å²) >= 11 is 0. The lowest BCUT2D eigenvalue weighted by molar-refractivity contribution is 1.67. The molecule has 0 heterocycles. The first-order valence-electron chi connectivity index (χ1n) is 17.4. The summed E-state index contributed by atoms with van der Waals surface area (Å²) in [5.41, 5.74) is 4.99. The van der Waals surface area contributed by atoms with Gasteiger partial charge < -0.3 is 0 Å². The van der Waals surface area contributed by atoms with E-state index in [1.165, 1.54) is 108 Å². The molecule has 11 aromatic carbocycles. The number of hydrogen-bond donors (Lipinski definition) is 0. The van der Waals surface area contributed by atoms with Gasteiger partial charge in [0.25, 0.3) is 0 Å². The first-order chi connectivity index (χ1) is 24.8. The Kier molecular flexibility index (Phi) is 5.76. The molecule has 0 fully saturated rings. The molecule has 0 amide bonds. The molecule has 0 spiro atoms. The predicted molar refractivity (Wildman–Crippen MR) is 217 cm³/mol. The predicted octanol–water partition coefficient (Wildman–Crippen LogP) is 14.2. The molecule has 0 aromatic heterocycles. The number of benzene rings is 11. The highest BCUT2D eigenvalue weighted by atomic mass is 14.2. The highest BCUT2D eigenvalue weighted by Gasteiger charge is 2.17. The zero-order chi connectivity index (χ0) is 32.8. The largest absolute Gasteiger partial charge is 0.0616 e. The van der Waals surface area contributed by atoms with Gasteiger partial charge in [-0.15, -0.1) is 0 Å². The Morgan fingerprint density at radius 3 is 1.26 bits per heavy atom. The molecule has 0 unspecified atom stereocenters. The fourth-order valence-electron chi connectivity index (χ4n) is 8.68. The zero-order valence-corrected chi connectivity index (χ0v) is 27.3. The van der Waals surface area contributed by atoms with Gasteiger partial charge in [0.05, 0.1) is 0 Å². The van der Waals surface area contributed by atoms with Crippen LogP contribution in [0.2, 0.25) is 0 Å². The first kappa shape index (κ1) is 27.5. The van der Waals surface area contributed by atoms with Gasteiger partial charge in [-0.2, -0.15) is 0 Å². The van der Waals surface area contributed by atoms with Crippen LogP contribution in [0.5, 0.6) is 0 Å². The van der Waals surface area contributed by atoms with Gasteiger partial charge in [0, 0.05) is 0 Å². The Morgan fingerprint density at radius 1 is 0.200 bits per heavy atom. The summed E-state index contributed by atoms with van der Waals surface area (Å²) in [7, 11) is 0. The van der Waals surface area contributed by atoms with Crippen molar-refractivity contribution >= 4 is 86.2 Å². The number of fused-ring (bicyclic) bond motifs is 15. The Morgan fingerprint density at radius 2 is 0.620 bits per heavy atom. The number of hydrogen-bond acceptors (Lipinski definition) is 0. The quantitative estimate of drug-likeness (QED) is 0.167. The molecule has 0 aliphatic carbocycles. The molecule has 0 nitrogen and oxygen atoms in total. The Bertz CT molecular complexity index is 3200.